The maximum Gasteiger partial charge on any atom is 0.153 e. The molecule has 0 bridgehead atoms. The molecule has 0 aliphatic rings. The van der Waals surface area contributed by atoms with E-state index in [9.17, 15) is 8.78 Å². The lowest BCUT2D eigenvalue weighted by Gasteiger charge is -2.11. The fourth-order valence-electron chi connectivity index (χ4n) is 2.10. The molecule has 1 aromatic carbocycles. The lowest BCUT2D eigenvalue weighted by atomic mass is 10.3. The predicted molar refractivity (Wildman–Crippen MR) is 75.2 cm³/mol. The van der Waals surface area contributed by atoms with Gasteiger partial charge in [-0.1, -0.05) is 0 Å². The number of benzene rings is 1. The maximum atomic E-state index is 13.8. The summed E-state index contributed by atoms with van der Waals surface area (Å²) in [4.78, 5) is 4.22. The van der Waals surface area contributed by atoms with Gasteiger partial charge in [0.25, 0.3) is 0 Å². The van der Waals surface area contributed by atoms with Crippen LogP contribution < -0.4 is 0 Å². The molecular formula is C14H17ClF2N2O. The smallest absolute Gasteiger partial charge is 0.153 e. The number of ether oxygens (including phenoxy) is 1. The highest BCUT2D eigenvalue weighted by Gasteiger charge is 2.15. The van der Waals surface area contributed by atoms with E-state index < -0.39 is 11.6 Å². The summed E-state index contributed by atoms with van der Waals surface area (Å²) < 4.78 is 34.4. The quantitative estimate of drug-likeness (QED) is 0.763. The highest BCUT2D eigenvalue weighted by molar-refractivity contribution is 6.17. The van der Waals surface area contributed by atoms with Gasteiger partial charge in [-0.2, -0.15) is 0 Å². The van der Waals surface area contributed by atoms with Crippen molar-refractivity contribution in [1.82, 2.24) is 9.55 Å². The molecule has 6 heteroatoms. The Hall–Kier alpha value is -1.20. The zero-order valence-corrected chi connectivity index (χ0v) is 12.3. The van der Waals surface area contributed by atoms with Crippen LogP contribution in [0, 0.1) is 11.6 Å². The van der Waals surface area contributed by atoms with Crippen molar-refractivity contribution < 1.29 is 13.5 Å². The van der Waals surface area contributed by atoms with Gasteiger partial charge in [0.15, 0.2) is 5.82 Å². The van der Waals surface area contributed by atoms with Gasteiger partial charge in [0.1, 0.15) is 17.2 Å². The fraction of sp³-hybridized carbons (Fsp3) is 0.500. The normalized spacial score (nSPS) is 11.7. The Morgan fingerprint density at radius 2 is 2.10 bits per heavy atom. The summed E-state index contributed by atoms with van der Waals surface area (Å²) in [6, 6.07) is 2.13. The van der Waals surface area contributed by atoms with Gasteiger partial charge in [-0.25, -0.2) is 13.8 Å². The average molecular weight is 303 g/mol. The first-order valence-electron chi connectivity index (χ1n) is 6.54. The first-order valence-corrected chi connectivity index (χ1v) is 7.08. The summed E-state index contributed by atoms with van der Waals surface area (Å²) in [6.45, 7) is 4.82. The Morgan fingerprint density at radius 1 is 1.35 bits per heavy atom. The Kier molecular flexibility index (Phi) is 4.94. The average Bonchev–Trinajstić information content (AvgIpc) is 2.68. The molecule has 0 unspecified atom stereocenters. The van der Waals surface area contributed by atoms with Gasteiger partial charge in [-0.3, -0.25) is 0 Å². The fourth-order valence-corrected chi connectivity index (χ4v) is 2.27. The third-order valence-electron chi connectivity index (χ3n) is 2.94. The van der Waals surface area contributed by atoms with Crippen LogP contribution >= 0.6 is 11.6 Å². The number of aryl methyl sites for hydroxylation is 1. The van der Waals surface area contributed by atoms with Crippen LogP contribution in [-0.2, 0) is 17.7 Å². The second-order valence-corrected chi connectivity index (χ2v) is 5.17. The Bertz CT molecular complexity index is 598. The summed E-state index contributed by atoms with van der Waals surface area (Å²) in [5.74, 6) is -0.247. The van der Waals surface area contributed by atoms with Crippen molar-refractivity contribution >= 4 is 22.6 Å². The van der Waals surface area contributed by atoms with Crippen LogP contribution in [0.1, 0.15) is 19.7 Å². The van der Waals surface area contributed by atoms with E-state index in [0.717, 1.165) is 6.07 Å². The number of aromatic nitrogens is 2. The first kappa shape index (κ1) is 15.2. The van der Waals surface area contributed by atoms with Gasteiger partial charge < -0.3 is 9.30 Å². The van der Waals surface area contributed by atoms with Crippen molar-refractivity contribution in [2.75, 3.05) is 12.5 Å². The van der Waals surface area contributed by atoms with Crippen LogP contribution in [0.15, 0.2) is 12.1 Å². The van der Waals surface area contributed by atoms with Crippen LogP contribution in [0.3, 0.4) is 0 Å². The van der Waals surface area contributed by atoms with E-state index in [1.807, 2.05) is 13.8 Å². The molecule has 3 nitrogen and oxygen atoms in total. The molecule has 0 amide bonds. The standard InChI is InChI=1S/C14H17ClF2N2O/c1-9(2)20-6-5-19-12-8-10(16)7-11(17)14(12)18-13(19)3-4-15/h7-9H,3-6H2,1-2H3. The molecule has 20 heavy (non-hydrogen) atoms. The summed E-state index contributed by atoms with van der Waals surface area (Å²) in [7, 11) is 0. The first-order chi connectivity index (χ1) is 9.52. The summed E-state index contributed by atoms with van der Waals surface area (Å²) in [5, 5.41) is 0. The Labute approximate surface area is 121 Å². The predicted octanol–water partition coefficient (Wildman–Crippen LogP) is 3.52. The topological polar surface area (TPSA) is 27.1 Å². The molecule has 0 radical (unpaired) electrons. The molecule has 2 aromatic rings. The van der Waals surface area contributed by atoms with E-state index >= 15 is 0 Å². The van der Waals surface area contributed by atoms with Crippen molar-refractivity contribution in [3.8, 4) is 0 Å². The molecule has 110 valence electrons. The van der Waals surface area contributed by atoms with E-state index in [0.29, 0.717) is 36.8 Å². The van der Waals surface area contributed by atoms with Crippen molar-refractivity contribution in [3.63, 3.8) is 0 Å². The molecule has 0 fully saturated rings. The molecule has 0 aliphatic carbocycles. The van der Waals surface area contributed by atoms with E-state index in [4.69, 9.17) is 16.3 Å². The highest BCUT2D eigenvalue weighted by Crippen LogP contribution is 2.21. The number of alkyl halides is 1. The second kappa shape index (κ2) is 6.50. The molecule has 0 saturated carbocycles. The third kappa shape index (κ3) is 3.27. The molecule has 0 N–H and O–H groups in total. The number of fused-ring (bicyclic) bond motifs is 1. The van der Waals surface area contributed by atoms with E-state index in [1.54, 1.807) is 4.57 Å². The van der Waals surface area contributed by atoms with E-state index in [-0.39, 0.29) is 11.6 Å². The zero-order chi connectivity index (χ0) is 14.7. The molecule has 0 atom stereocenters. The van der Waals surface area contributed by atoms with Crippen LogP contribution in [0.4, 0.5) is 8.78 Å². The van der Waals surface area contributed by atoms with Crippen LogP contribution in [0.25, 0.3) is 11.0 Å². The summed E-state index contributed by atoms with van der Waals surface area (Å²) >= 11 is 5.74. The highest BCUT2D eigenvalue weighted by atomic mass is 35.5. The number of nitrogens with zero attached hydrogens (tertiary/aromatic N) is 2. The van der Waals surface area contributed by atoms with Crippen LogP contribution in [0.2, 0.25) is 0 Å². The minimum absolute atomic E-state index is 0.106. The van der Waals surface area contributed by atoms with Crippen molar-refractivity contribution in [1.29, 1.82) is 0 Å². The minimum Gasteiger partial charge on any atom is -0.377 e. The molecule has 0 saturated heterocycles. The summed E-state index contributed by atoms with van der Waals surface area (Å²) in [5.41, 5.74) is 0.617. The van der Waals surface area contributed by atoms with Crippen molar-refractivity contribution in [2.45, 2.75) is 32.9 Å². The van der Waals surface area contributed by atoms with Crippen molar-refractivity contribution in [2.24, 2.45) is 0 Å². The van der Waals surface area contributed by atoms with Gasteiger partial charge in [0.2, 0.25) is 0 Å². The van der Waals surface area contributed by atoms with Crippen LogP contribution in [-0.4, -0.2) is 28.1 Å². The number of imidazole rings is 1. The van der Waals surface area contributed by atoms with Crippen LogP contribution in [0.5, 0.6) is 0 Å². The molecule has 2 rings (SSSR count). The van der Waals surface area contributed by atoms with Crippen molar-refractivity contribution in [3.05, 3.63) is 29.6 Å². The number of hydrogen-bond donors (Lipinski definition) is 0. The largest absolute Gasteiger partial charge is 0.377 e. The SMILES string of the molecule is CC(C)OCCn1c(CCCl)nc2c(F)cc(F)cc21. The van der Waals surface area contributed by atoms with Gasteiger partial charge in [0.05, 0.1) is 18.2 Å². The molecule has 1 heterocycles. The lowest BCUT2D eigenvalue weighted by Crippen LogP contribution is -2.13. The van der Waals surface area contributed by atoms with Gasteiger partial charge in [0, 0.05) is 24.9 Å². The third-order valence-corrected chi connectivity index (χ3v) is 3.12. The number of halogens is 3. The summed E-state index contributed by atoms with van der Waals surface area (Å²) in [6.07, 6.45) is 0.605. The minimum atomic E-state index is -0.653. The van der Waals surface area contributed by atoms with Gasteiger partial charge in [-0.05, 0) is 19.9 Å². The van der Waals surface area contributed by atoms with Gasteiger partial charge in [-0.15, -0.1) is 11.6 Å². The molecule has 0 spiro atoms. The molecule has 0 aliphatic heterocycles. The van der Waals surface area contributed by atoms with E-state index in [2.05, 4.69) is 4.98 Å². The van der Waals surface area contributed by atoms with Gasteiger partial charge >= 0.3 is 0 Å². The Balaban J connectivity index is 2.39. The maximum absolute atomic E-state index is 13.8. The van der Waals surface area contributed by atoms with E-state index in [1.165, 1.54) is 6.07 Å². The number of hydrogen-bond acceptors (Lipinski definition) is 2. The monoisotopic (exact) mass is 302 g/mol. The molecule has 1 aromatic heterocycles. The number of rotatable bonds is 6. The molecular weight excluding hydrogens is 286 g/mol. The zero-order valence-electron chi connectivity index (χ0n) is 11.5. The Morgan fingerprint density at radius 3 is 2.75 bits per heavy atom. The lowest BCUT2D eigenvalue weighted by molar-refractivity contribution is 0.0729. The second-order valence-electron chi connectivity index (χ2n) is 4.79.